The van der Waals surface area contributed by atoms with E-state index in [1.54, 1.807) is 24.3 Å². The summed E-state index contributed by atoms with van der Waals surface area (Å²) < 4.78 is 39.9. The Morgan fingerprint density at radius 1 is 0.973 bits per heavy atom. The van der Waals surface area contributed by atoms with E-state index in [1.165, 1.54) is 18.0 Å². The van der Waals surface area contributed by atoms with Crippen molar-refractivity contribution in [2.45, 2.75) is 19.0 Å². The monoisotopic (exact) mass is 565 g/mol. The van der Waals surface area contributed by atoms with Gasteiger partial charge in [-0.25, -0.2) is 12.8 Å². The summed E-state index contributed by atoms with van der Waals surface area (Å²) in [6.07, 6.45) is 1.13. The van der Waals surface area contributed by atoms with Crippen LogP contribution in [-0.4, -0.2) is 51.0 Å². The van der Waals surface area contributed by atoms with Gasteiger partial charge in [0.1, 0.15) is 18.4 Å². The van der Waals surface area contributed by atoms with Crippen molar-refractivity contribution in [2.75, 3.05) is 24.2 Å². The highest BCUT2D eigenvalue weighted by Gasteiger charge is 2.32. The van der Waals surface area contributed by atoms with E-state index in [4.69, 9.17) is 23.2 Å². The minimum Gasteiger partial charge on any atom is -0.357 e. The lowest BCUT2D eigenvalue weighted by Gasteiger charge is -2.33. The van der Waals surface area contributed by atoms with Crippen LogP contribution in [0.5, 0.6) is 0 Å². The molecule has 37 heavy (non-hydrogen) atoms. The number of likely N-dealkylation sites (N-methyl/N-ethyl adjacent to an activating group) is 1. The summed E-state index contributed by atoms with van der Waals surface area (Å²) in [4.78, 5) is 28.1. The number of carbonyl (C=O) groups is 2. The first-order valence-electron chi connectivity index (χ1n) is 11.2. The van der Waals surface area contributed by atoms with Crippen molar-refractivity contribution in [1.82, 2.24) is 10.2 Å². The van der Waals surface area contributed by atoms with Crippen molar-refractivity contribution < 1.29 is 22.4 Å². The summed E-state index contributed by atoms with van der Waals surface area (Å²) in [5.41, 5.74) is 1.53. The van der Waals surface area contributed by atoms with Crippen LogP contribution >= 0.6 is 23.2 Å². The maximum Gasteiger partial charge on any atom is 0.244 e. The molecule has 3 rings (SSSR count). The number of sulfonamides is 1. The van der Waals surface area contributed by atoms with E-state index < -0.39 is 40.2 Å². The molecule has 196 valence electrons. The second-order valence-corrected chi connectivity index (χ2v) is 11.1. The average Bonchev–Trinajstić information content (AvgIpc) is 2.87. The Labute approximate surface area is 225 Å². The first kappa shape index (κ1) is 28.4. The summed E-state index contributed by atoms with van der Waals surface area (Å²) in [6.45, 7) is -0.612. The number of nitrogens with one attached hydrogen (secondary N) is 1. The largest absolute Gasteiger partial charge is 0.357 e. The SMILES string of the molecule is CNC(=O)[C@@H](Cc1ccccc1)N(Cc1ccc(Cl)cc1)C(=O)CN(c1ccc(F)c(Cl)c1)S(C)(=O)=O. The molecule has 0 radical (unpaired) electrons. The normalized spacial score (nSPS) is 12.0. The smallest absolute Gasteiger partial charge is 0.244 e. The third kappa shape index (κ3) is 7.67. The standard InChI is InChI=1S/C26H26Cl2FN3O4S/c1-30-26(34)24(14-18-6-4-3-5-7-18)31(16-19-8-10-20(27)11-9-19)25(33)17-32(37(2,35)36)21-12-13-23(29)22(28)15-21/h3-13,15,24H,14,16-17H2,1-2H3,(H,30,34)/t24-/m1/s1. The maximum atomic E-state index is 13.8. The zero-order chi connectivity index (χ0) is 27.2. The third-order valence-corrected chi connectivity index (χ3v) is 7.34. The molecule has 11 heteroatoms. The first-order valence-corrected chi connectivity index (χ1v) is 13.8. The molecule has 0 unspecified atom stereocenters. The molecular weight excluding hydrogens is 540 g/mol. The van der Waals surface area contributed by atoms with Crippen LogP contribution in [-0.2, 0) is 32.6 Å². The molecule has 0 aliphatic carbocycles. The van der Waals surface area contributed by atoms with Crippen molar-refractivity contribution in [3.8, 4) is 0 Å². The lowest BCUT2D eigenvalue weighted by atomic mass is 10.0. The lowest BCUT2D eigenvalue weighted by Crippen LogP contribution is -2.52. The minimum absolute atomic E-state index is 0.0166. The summed E-state index contributed by atoms with van der Waals surface area (Å²) in [5, 5.41) is 2.82. The van der Waals surface area contributed by atoms with Crippen molar-refractivity contribution in [3.63, 3.8) is 0 Å². The van der Waals surface area contributed by atoms with E-state index in [0.29, 0.717) is 10.6 Å². The Hall–Kier alpha value is -3.14. The Bertz CT molecular complexity index is 1360. The topological polar surface area (TPSA) is 86.8 Å². The third-order valence-electron chi connectivity index (χ3n) is 5.65. The number of rotatable bonds is 10. The molecule has 7 nitrogen and oxygen atoms in total. The van der Waals surface area contributed by atoms with Gasteiger partial charge in [-0.3, -0.25) is 13.9 Å². The van der Waals surface area contributed by atoms with E-state index in [0.717, 1.165) is 28.3 Å². The number of halogens is 3. The highest BCUT2D eigenvalue weighted by molar-refractivity contribution is 7.92. The van der Waals surface area contributed by atoms with Crippen molar-refractivity contribution in [2.24, 2.45) is 0 Å². The number of benzene rings is 3. The Kier molecular flexibility index (Phi) is 9.53. The molecule has 3 aromatic carbocycles. The van der Waals surface area contributed by atoms with Gasteiger partial charge in [0.2, 0.25) is 21.8 Å². The predicted octanol–water partition coefficient (Wildman–Crippen LogP) is 4.28. The van der Waals surface area contributed by atoms with Crippen LogP contribution in [0.25, 0.3) is 0 Å². The Balaban J connectivity index is 2.03. The fourth-order valence-corrected chi connectivity index (χ4v) is 4.90. The van der Waals surface area contributed by atoms with E-state index >= 15 is 0 Å². The molecule has 0 bridgehead atoms. The highest BCUT2D eigenvalue weighted by atomic mass is 35.5. The Morgan fingerprint density at radius 2 is 1.62 bits per heavy atom. The lowest BCUT2D eigenvalue weighted by molar-refractivity contribution is -0.139. The van der Waals surface area contributed by atoms with Crippen LogP contribution in [0.1, 0.15) is 11.1 Å². The molecule has 0 saturated heterocycles. The van der Waals surface area contributed by atoms with Crippen LogP contribution in [0, 0.1) is 5.82 Å². The average molecular weight is 566 g/mol. The van der Waals surface area contributed by atoms with Crippen molar-refractivity contribution in [3.05, 3.63) is 99.8 Å². The van der Waals surface area contributed by atoms with Gasteiger partial charge in [-0.15, -0.1) is 0 Å². The number of hydrogen-bond acceptors (Lipinski definition) is 4. The van der Waals surface area contributed by atoms with Gasteiger partial charge in [-0.1, -0.05) is 65.7 Å². The van der Waals surface area contributed by atoms with Crippen LogP contribution in [0.15, 0.2) is 72.8 Å². The van der Waals surface area contributed by atoms with Gasteiger partial charge in [0.25, 0.3) is 0 Å². The number of anilines is 1. The second-order valence-electron chi connectivity index (χ2n) is 8.34. The van der Waals surface area contributed by atoms with Gasteiger partial charge in [0.15, 0.2) is 0 Å². The van der Waals surface area contributed by atoms with Crippen molar-refractivity contribution >= 4 is 50.7 Å². The fraction of sp³-hybridized carbons (Fsp3) is 0.231. The summed E-state index contributed by atoms with van der Waals surface area (Å²) in [6, 6.07) is 18.4. The fourth-order valence-electron chi connectivity index (χ4n) is 3.76. The van der Waals surface area contributed by atoms with Gasteiger partial charge in [0.05, 0.1) is 17.0 Å². The summed E-state index contributed by atoms with van der Waals surface area (Å²) >= 11 is 11.9. The molecule has 0 heterocycles. The molecule has 0 saturated carbocycles. The summed E-state index contributed by atoms with van der Waals surface area (Å²) in [5.74, 6) is -1.77. The maximum absolute atomic E-state index is 13.8. The van der Waals surface area contributed by atoms with Gasteiger partial charge >= 0.3 is 0 Å². The second kappa shape index (κ2) is 12.4. The minimum atomic E-state index is -3.98. The zero-order valence-corrected chi connectivity index (χ0v) is 22.5. The van der Waals surface area contributed by atoms with E-state index in [-0.39, 0.29) is 23.7 Å². The molecule has 0 spiro atoms. The van der Waals surface area contributed by atoms with Crippen molar-refractivity contribution in [1.29, 1.82) is 0 Å². The Morgan fingerprint density at radius 3 is 2.19 bits per heavy atom. The molecule has 2 amide bonds. The van der Waals surface area contributed by atoms with Gasteiger partial charge in [-0.05, 0) is 41.5 Å². The number of amides is 2. The highest BCUT2D eigenvalue weighted by Crippen LogP contribution is 2.25. The molecule has 0 aliphatic rings. The van der Waals surface area contributed by atoms with Gasteiger partial charge in [-0.2, -0.15) is 0 Å². The molecule has 0 aromatic heterocycles. The van der Waals surface area contributed by atoms with Gasteiger partial charge in [0, 0.05) is 25.0 Å². The molecule has 0 aliphatic heterocycles. The molecule has 1 N–H and O–H groups in total. The molecule has 0 fully saturated rings. The van der Waals surface area contributed by atoms with E-state index in [2.05, 4.69) is 5.32 Å². The van der Waals surface area contributed by atoms with Gasteiger partial charge < -0.3 is 10.2 Å². The summed E-state index contributed by atoms with van der Waals surface area (Å²) in [7, 11) is -2.51. The molecule has 3 aromatic rings. The predicted molar refractivity (Wildman–Crippen MR) is 144 cm³/mol. The number of hydrogen-bond donors (Lipinski definition) is 1. The number of nitrogens with zero attached hydrogens (tertiary/aromatic N) is 2. The van der Waals surface area contributed by atoms with Crippen LogP contribution < -0.4 is 9.62 Å². The van der Waals surface area contributed by atoms with Crippen LogP contribution in [0.4, 0.5) is 10.1 Å². The van der Waals surface area contributed by atoms with E-state index in [1.807, 2.05) is 30.3 Å². The first-order chi connectivity index (χ1) is 17.5. The van der Waals surface area contributed by atoms with Crippen LogP contribution in [0.3, 0.4) is 0 Å². The quantitative estimate of drug-likeness (QED) is 0.397. The van der Waals surface area contributed by atoms with Crippen LogP contribution in [0.2, 0.25) is 10.0 Å². The molecular formula is C26H26Cl2FN3O4S. The molecule has 1 atom stereocenters. The van der Waals surface area contributed by atoms with E-state index in [9.17, 15) is 22.4 Å². The zero-order valence-electron chi connectivity index (χ0n) is 20.2. The number of carbonyl (C=O) groups excluding carboxylic acids is 2.